The second kappa shape index (κ2) is 41.1. The number of anilines is 3. The largest absolute Gasteiger partial charge is 0.494 e. The van der Waals surface area contributed by atoms with Crippen molar-refractivity contribution in [2.75, 3.05) is 49.7 Å². The number of hydrogen-bond donors (Lipinski definition) is 6. The third-order valence-corrected chi connectivity index (χ3v) is 26.1. The van der Waals surface area contributed by atoms with Crippen molar-refractivity contribution < 1.29 is 66.6 Å². The molecule has 7 aliphatic rings. The molecule has 131 heavy (non-hydrogen) atoms. The number of rotatable bonds is 22. The lowest BCUT2D eigenvalue weighted by molar-refractivity contribution is -0.135. The molecule has 0 bridgehead atoms. The number of nitrogens with one attached hydrogen (secondary N) is 6. The van der Waals surface area contributed by atoms with E-state index >= 15 is 0 Å². The summed E-state index contributed by atoms with van der Waals surface area (Å²) in [5.41, 5.74) is 17.9. The first-order valence-corrected chi connectivity index (χ1v) is 45.0. The number of aromatic nitrogens is 4. The highest BCUT2D eigenvalue weighted by atomic mass is 79.9. The molecule has 9 heterocycles. The van der Waals surface area contributed by atoms with Crippen LogP contribution >= 0.6 is 15.9 Å². The maximum atomic E-state index is 14.1. The molecule has 8 amide bonds. The van der Waals surface area contributed by atoms with E-state index in [1.165, 1.54) is 28.4 Å². The van der Waals surface area contributed by atoms with Gasteiger partial charge in [0.25, 0.3) is 17.7 Å². The number of benzene rings is 7. The number of amides is 8. The Morgan fingerprint density at radius 1 is 0.427 bits per heavy atom. The van der Waals surface area contributed by atoms with Gasteiger partial charge in [0.1, 0.15) is 35.8 Å². The maximum Gasteiger partial charge on any atom is 0.494 e. The van der Waals surface area contributed by atoms with Crippen LogP contribution < -0.4 is 41.4 Å². The fourth-order valence-corrected chi connectivity index (χ4v) is 17.9. The van der Waals surface area contributed by atoms with E-state index in [1.807, 2.05) is 219 Å². The van der Waals surface area contributed by atoms with E-state index in [4.69, 9.17) is 43.2 Å². The summed E-state index contributed by atoms with van der Waals surface area (Å²) >= 11 is 3.48. The summed E-state index contributed by atoms with van der Waals surface area (Å²) in [7, 11) is 4.74. The molecular weight excluding hydrogens is 1720 g/mol. The van der Waals surface area contributed by atoms with Crippen LogP contribution in [0.15, 0.2) is 209 Å². The number of likely N-dealkylation sites (tertiary alicyclic amines) is 1. The van der Waals surface area contributed by atoms with Crippen molar-refractivity contribution in [1.82, 2.24) is 46.1 Å². The van der Waals surface area contributed by atoms with Gasteiger partial charge in [0.15, 0.2) is 0 Å². The van der Waals surface area contributed by atoms with E-state index in [0.29, 0.717) is 44.5 Å². The van der Waals surface area contributed by atoms with Crippen LogP contribution in [0.1, 0.15) is 168 Å². The van der Waals surface area contributed by atoms with Gasteiger partial charge in [-0.15, -0.1) is 0 Å². The Labute approximate surface area is 774 Å². The number of H-pyrrole nitrogens is 2. The van der Waals surface area contributed by atoms with Gasteiger partial charge in [-0.25, -0.2) is 29.1 Å². The first kappa shape index (κ1) is 95.8. The molecule has 2 fully saturated rings. The van der Waals surface area contributed by atoms with Crippen molar-refractivity contribution in [3.8, 4) is 33.6 Å². The van der Waals surface area contributed by atoms with Crippen molar-refractivity contribution in [2.24, 2.45) is 33.7 Å². The van der Waals surface area contributed by atoms with Gasteiger partial charge in [-0.05, 0) is 161 Å². The van der Waals surface area contributed by atoms with E-state index in [0.717, 1.165) is 130 Å². The number of carbonyl (C=O) groups excluding carboxylic acids is 8. The van der Waals surface area contributed by atoms with Crippen LogP contribution in [0.4, 0.5) is 36.2 Å². The van der Waals surface area contributed by atoms with Gasteiger partial charge < -0.3 is 74.2 Å². The second-order valence-corrected chi connectivity index (χ2v) is 36.8. The highest BCUT2D eigenvalue weighted by molar-refractivity contribution is 9.10. The normalized spacial score (nSPS) is 18.7. The number of aromatic amines is 2. The molecule has 0 saturated carbocycles. The standard InChI is InChI=1S/C45H51N7O6.C30H37BN4O5.C25H26BrN3O3.CH4/c1-26(2)39(49-44(55)57-5)42(53)51-21-9-12-37(51)41-47-25-35(48-41)31-19-17-29(18-20-31)28-13-15-30(16-14-28)33-22-34(46-24-33)38-23-32-10-7-8-11-36(32)52(38)43(54)40(27(3)4)50-45(56)58-6;1-18(2)25(34-28(37)38-7)27(36)35-23-11-9-8-10-20(23)16-24(35)26-32-17-22(33-26)19-12-14-21(15-13-19)31-39-29(3,4)30(5,6)40-31;1-15(2)23(28-25(31)32-3)24(30)29-21-7-5-4-6-17(21)13-22(29)20-12-18(14-27-20)16-8-10-19(26)11-9-16;/h7-8,10-11,13-20,24-27,37-40H,9,12,21-23H2,1-6H3,(H,47,48)(H,49,55)(H,50,56);8-15,17-18,24-25H,16H2,1-7H3,(H,32,33)(H,34,37);4-11,14-15,22-23H,12-13H2,1-3H3,(H,28,31);1H4/t37-,38-,39-,40-;24-,25-;22-,23-;/m000./s1. The average Bonchev–Trinajstić information content (AvgIpc) is 1.63. The van der Waals surface area contributed by atoms with Gasteiger partial charge in [0.2, 0.25) is 5.91 Å². The van der Waals surface area contributed by atoms with Gasteiger partial charge in [-0.1, -0.05) is 218 Å². The Morgan fingerprint density at radius 3 is 1.12 bits per heavy atom. The summed E-state index contributed by atoms with van der Waals surface area (Å²) in [6.07, 6.45) is 9.75. The molecule has 2 saturated heterocycles. The number of fused-ring (bicyclic) bond motifs is 3. The molecule has 686 valence electrons. The molecule has 0 radical (unpaired) electrons. The van der Waals surface area contributed by atoms with Crippen molar-refractivity contribution in [1.29, 1.82) is 0 Å². The predicted octanol–water partition coefficient (Wildman–Crippen LogP) is 17.3. The number of halogens is 1. The summed E-state index contributed by atoms with van der Waals surface area (Å²) in [4.78, 5) is 136. The predicted molar refractivity (Wildman–Crippen MR) is 514 cm³/mol. The van der Waals surface area contributed by atoms with Gasteiger partial charge in [0, 0.05) is 84.0 Å². The Balaban J connectivity index is 0.000000175. The van der Waals surface area contributed by atoms with Crippen molar-refractivity contribution in [3.05, 3.63) is 239 Å². The fraction of sp³-hybridized carbons (Fsp3) is 0.386. The number of carbonyl (C=O) groups is 8. The van der Waals surface area contributed by atoms with Gasteiger partial charge in [-0.2, -0.15) is 0 Å². The molecule has 2 aromatic heterocycles. The minimum absolute atomic E-state index is 0. The monoisotopic (exact) mass is 1840 g/mol. The summed E-state index contributed by atoms with van der Waals surface area (Å²) in [5, 5.41) is 10.9. The van der Waals surface area contributed by atoms with Gasteiger partial charge in [0.05, 0.1) is 87.6 Å². The minimum atomic E-state index is -0.754. The first-order chi connectivity index (χ1) is 62.3. The molecule has 8 atom stereocenters. The molecule has 30 heteroatoms. The van der Waals surface area contributed by atoms with E-state index < -0.39 is 66.9 Å². The third kappa shape index (κ3) is 20.8. The number of para-hydroxylation sites is 3. The number of hydrogen-bond acceptors (Lipinski definition) is 18. The number of ether oxygens (including phenoxy) is 4. The molecule has 6 N–H and O–H groups in total. The Bertz CT molecular complexity index is 5790. The number of alkyl carbamates (subject to hydrolysis) is 4. The molecule has 16 rings (SSSR count). The molecule has 9 aromatic rings. The zero-order chi connectivity index (χ0) is 92.7. The van der Waals surface area contributed by atoms with Crippen molar-refractivity contribution in [3.63, 3.8) is 0 Å². The van der Waals surface area contributed by atoms with Crippen LogP contribution in [-0.4, -0.2) is 174 Å². The summed E-state index contributed by atoms with van der Waals surface area (Å²) in [6.45, 7) is 24.0. The SMILES string of the molecule is C.COC(=O)N[C@H](C(=O)N1CCC[C@H]1c1ncc(-c2ccc(-c3ccc(C4=CN=C([C@@H]5Cc6ccccc6N5C(=O)[C@@H](NC(=O)OC)C(C)C)C4)cc3)cc2)[nH]1)C(C)C.COC(=O)N[C@H](C(=O)N1c2ccccc2C[C@H]1C1=NC=C(c2ccc(Br)cc2)C1)C(C)C.COC(=O)N[C@H](C(=O)N1c2ccccc2C[C@H]1c1ncc(-c2ccc(B3OC(C)(C)C(C)(C)O3)cc2)[nH]1)C(C)C. The minimum Gasteiger partial charge on any atom is -0.453 e. The van der Waals surface area contributed by atoms with Gasteiger partial charge >= 0.3 is 31.5 Å². The van der Waals surface area contributed by atoms with Crippen LogP contribution in [0, 0.1) is 23.7 Å². The summed E-state index contributed by atoms with van der Waals surface area (Å²) < 4.78 is 32.5. The molecule has 7 aromatic carbocycles. The molecule has 0 spiro atoms. The summed E-state index contributed by atoms with van der Waals surface area (Å²) in [6, 6.07) is 52.7. The Morgan fingerprint density at radius 2 is 0.748 bits per heavy atom. The highest BCUT2D eigenvalue weighted by Gasteiger charge is 2.52. The zero-order valence-corrected chi connectivity index (χ0v) is 77.9. The van der Waals surface area contributed by atoms with Crippen molar-refractivity contribution >= 4 is 116 Å². The van der Waals surface area contributed by atoms with Crippen molar-refractivity contribution in [2.45, 2.75) is 195 Å². The number of imidazole rings is 2. The Hall–Kier alpha value is -12.8. The smallest absolute Gasteiger partial charge is 0.453 e. The molecule has 28 nitrogen and oxygen atoms in total. The maximum absolute atomic E-state index is 14.1. The van der Waals surface area contributed by atoms with Crippen LogP contribution in [0.3, 0.4) is 0 Å². The van der Waals surface area contributed by atoms with Crippen LogP contribution in [-0.2, 0) is 66.7 Å². The van der Waals surface area contributed by atoms with E-state index in [1.54, 1.807) is 17.3 Å². The topological polar surface area (TPSA) is 335 Å². The van der Waals surface area contributed by atoms with Crippen LogP contribution in [0.5, 0.6) is 0 Å². The molecule has 7 aliphatic heterocycles. The number of methoxy groups -OCH3 is 4. The second-order valence-electron chi connectivity index (χ2n) is 35.9. The lowest BCUT2D eigenvalue weighted by Gasteiger charge is -2.32. The number of allylic oxidation sites excluding steroid dienone is 2. The first-order valence-electron chi connectivity index (χ1n) is 44.2. The number of nitrogens with zero attached hydrogens (tertiary/aromatic N) is 8. The molecule has 0 aliphatic carbocycles. The van der Waals surface area contributed by atoms with E-state index in [9.17, 15) is 38.4 Å². The van der Waals surface area contributed by atoms with Gasteiger partial charge in [-0.3, -0.25) is 34.1 Å². The summed E-state index contributed by atoms with van der Waals surface area (Å²) in [5.74, 6) is 0.210. The fourth-order valence-electron chi connectivity index (χ4n) is 17.6. The average molecular weight is 1840 g/mol. The lowest BCUT2D eigenvalue weighted by atomic mass is 9.79. The lowest BCUT2D eigenvalue weighted by Crippen LogP contribution is -2.54. The molecular formula is C101H118BBrN14O14. The van der Waals surface area contributed by atoms with E-state index in [-0.39, 0.29) is 78.9 Å². The number of aliphatic imine (C=N–C) groups is 2. The quantitative estimate of drug-likeness (QED) is 0.0271. The van der Waals surface area contributed by atoms with Crippen LogP contribution in [0.25, 0.3) is 44.8 Å². The Kier molecular flexibility index (Phi) is 30.1. The molecule has 0 unspecified atom stereocenters. The highest BCUT2D eigenvalue weighted by Crippen LogP contribution is 2.45. The zero-order valence-electron chi connectivity index (χ0n) is 76.3. The third-order valence-electron chi connectivity index (χ3n) is 25.6. The van der Waals surface area contributed by atoms with Crippen LogP contribution in [0.2, 0.25) is 0 Å². The van der Waals surface area contributed by atoms with E-state index in [2.05, 4.69) is 113 Å².